The smallest absolute Gasteiger partial charge is 0.239 e. The summed E-state index contributed by atoms with van der Waals surface area (Å²) in [5.41, 5.74) is 8.26. The number of hydrogen-bond acceptors (Lipinski definition) is 4. The third-order valence-electron chi connectivity index (χ3n) is 2.81. The molecule has 4 nitrogen and oxygen atoms in total. The minimum atomic E-state index is 0.446. The SMILES string of the molecule is CCCOc1nc(Nc2c(C)cccc2Cl)ccc1N. The summed E-state index contributed by atoms with van der Waals surface area (Å²) in [5, 5.41) is 3.86. The largest absolute Gasteiger partial charge is 0.476 e. The lowest BCUT2D eigenvalue weighted by Crippen LogP contribution is -2.04. The third kappa shape index (κ3) is 3.33. The van der Waals surface area contributed by atoms with Gasteiger partial charge in [0.15, 0.2) is 0 Å². The monoisotopic (exact) mass is 291 g/mol. The fourth-order valence-electron chi connectivity index (χ4n) is 1.75. The number of pyridine rings is 1. The first-order valence-electron chi connectivity index (χ1n) is 6.53. The lowest BCUT2D eigenvalue weighted by Gasteiger charge is -2.13. The number of aryl methyl sites for hydroxylation is 1. The van der Waals surface area contributed by atoms with Gasteiger partial charge in [-0.15, -0.1) is 0 Å². The van der Waals surface area contributed by atoms with Crippen molar-refractivity contribution in [1.82, 2.24) is 4.98 Å². The molecule has 0 unspecified atom stereocenters. The Morgan fingerprint density at radius 2 is 2.10 bits per heavy atom. The van der Waals surface area contributed by atoms with Gasteiger partial charge in [-0.2, -0.15) is 4.98 Å². The Labute approximate surface area is 123 Å². The van der Waals surface area contributed by atoms with E-state index in [2.05, 4.69) is 10.3 Å². The van der Waals surface area contributed by atoms with Gasteiger partial charge >= 0.3 is 0 Å². The van der Waals surface area contributed by atoms with Gasteiger partial charge in [-0.3, -0.25) is 0 Å². The zero-order valence-corrected chi connectivity index (χ0v) is 12.4. The van der Waals surface area contributed by atoms with Crippen LogP contribution < -0.4 is 15.8 Å². The summed E-state index contributed by atoms with van der Waals surface area (Å²) in [4.78, 5) is 4.37. The molecule has 0 aliphatic heterocycles. The minimum absolute atomic E-state index is 0.446. The van der Waals surface area contributed by atoms with Crippen molar-refractivity contribution in [2.45, 2.75) is 20.3 Å². The molecule has 0 spiro atoms. The molecule has 0 fully saturated rings. The Morgan fingerprint density at radius 1 is 1.30 bits per heavy atom. The van der Waals surface area contributed by atoms with Crippen LogP contribution in [0.1, 0.15) is 18.9 Å². The summed E-state index contributed by atoms with van der Waals surface area (Å²) in [6, 6.07) is 9.31. The second kappa shape index (κ2) is 6.48. The van der Waals surface area contributed by atoms with E-state index in [1.165, 1.54) is 0 Å². The highest BCUT2D eigenvalue weighted by atomic mass is 35.5. The van der Waals surface area contributed by atoms with Crippen LogP contribution in [0.5, 0.6) is 5.88 Å². The van der Waals surface area contributed by atoms with Crippen LogP contribution in [0.4, 0.5) is 17.2 Å². The molecule has 1 aromatic carbocycles. The van der Waals surface area contributed by atoms with Gasteiger partial charge in [0, 0.05) is 0 Å². The van der Waals surface area contributed by atoms with Crippen LogP contribution in [0, 0.1) is 6.92 Å². The number of nitrogens with zero attached hydrogens (tertiary/aromatic N) is 1. The van der Waals surface area contributed by atoms with Crippen LogP contribution in [0.25, 0.3) is 0 Å². The molecule has 0 bridgehead atoms. The van der Waals surface area contributed by atoms with Gasteiger partial charge in [-0.1, -0.05) is 30.7 Å². The molecule has 0 saturated carbocycles. The predicted octanol–water partition coefficient (Wildman–Crippen LogP) is 4.16. The molecule has 5 heteroatoms. The normalized spacial score (nSPS) is 10.3. The summed E-state index contributed by atoms with van der Waals surface area (Å²) in [7, 11) is 0. The van der Waals surface area contributed by atoms with Gasteiger partial charge < -0.3 is 15.8 Å². The summed E-state index contributed by atoms with van der Waals surface area (Å²) in [5.74, 6) is 1.10. The summed E-state index contributed by atoms with van der Waals surface area (Å²) in [6.07, 6.45) is 0.905. The maximum atomic E-state index is 6.19. The van der Waals surface area contributed by atoms with E-state index in [1.807, 2.05) is 32.0 Å². The molecule has 0 atom stereocenters. The predicted molar refractivity (Wildman–Crippen MR) is 83.9 cm³/mol. The van der Waals surface area contributed by atoms with Gasteiger partial charge in [0.1, 0.15) is 5.82 Å². The summed E-state index contributed by atoms with van der Waals surface area (Å²) < 4.78 is 5.52. The van der Waals surface area contributed by atoms with E-state index < -0.39 is 0 Å². The lowest BCUT2D eigenvalue weighted by atomic mass is 10.2. The van der Waals surface area contributed by atoms with E-state index in [0.29, 0.717) is 29.0 Å². The number of benzene rings is 1. The topological polar surface area (TPSA) is 60.2 Å². The fraction of sp³-hybridized carbons (Fsp3) is 0.267. The molecular formula is C15H18ClN3O. The van der Waals surface area contributed by atoms with Crippen LogP contribution >= 0.6 is 11.6 Å². The highest BCUT2D eigenvalue weighted by Gasteiger charge is 2.08. The zero-order chi connectivity index (χ0) is 14.5. The zero-order valence-electron chi connectivity index (χ0n) is 11.6. The second-order valence-electron chi connectivity index (χ2n) is 4.50. The average molecular weight is 292 g/mol. The van der Waals surface area contributed by atoms with Crippen molar-refractivity contribution in [3.05, 3.63) is 40.9 Å². The Hall–Kier alpha value is -1.94. The van der Waals surface area contributed by atoms with Crippen molar-refractivity contribution in [3.63, 3.8) is 0 Å². The number of anilines is 3. The minimum Gasteiger partial charge on any atom is -0.476 e. The number of nitrogen functional groups attached to an aromatic ring is 1. The standard InChI is InChI=1S/C15H18ClN3O/c1-3-9-20-15-12(17)7-8-13(19-15)18-14-10(2)5-4-6-11(14)16/h4-8H,3,9,17H2,1-2H3,(H,18,19). The van der Waals surface area contributed by atoms with Crippen molar-refractivity contribution in [2.75, 3.05) is 17.7 Å². The Kier molecular flexibility index (Phi) is 4.69. The van der Waals surface area contributed by atoms with Crippen LogP contribution in [0.3, 0.4) is 0 Å². The molecule has 0 saturated heterocycles. The van der Waals surface area contributed by atoms with Crippen LogP contribution in [-0.2, 0) is 0 Å². The fourth-order valence-corrected chi connectivity index (χ4v) is 2.02. The molecule has 0 amide bonds. The van der Waals surface area contributed by atoms with Gasteiger partial charge in [0.2, 0.25) is 5.88 Å². The van der Waals surface area contributed by atoms with E-state index in [-0.39, 0.29) is 0 Å². The van der Waals surface area contributed by atoms with Crippen molar-refractivity contribution < 1.29 is 4.74 Å². The number of hydrogen-bond donors (Lipinski definition) is 2. The maximum Gasteiger partial charge on any atom is 0.239 e. The molecule has 20 heavy (non-hydrogen) atoms. The molecule has 0 aliphatic carbocycles. The highest BCUT2D eigenvalue weighted by Crippen LogP contribution is 2.29. The number of rotatable bonds is 5. The number of aromatic nitrogens is 1. The van der Waals surface area contributed by atoms with Crippen molar-refractivity contribution in [1.29, 1.82) is 0 Å². The average Bonchev–Trinajstić information content (AvgIpc) is 2.43. The molecule has 1 heterocycles. The van der Waals surface area contributed by atoms with Gasteiger partial charge in [0.25, 0.3) is 0 Å². The summed E-state index contributed by atoms with van der Waals surface area (Å²) >= 11 is 6.19. The van der Waals surface area contributed by atoms with Crippen molar-refractivity contribution in [3.8, 4) is 5.88 Å². The third-order valence-corrected chi connectivity index (χ3v) is 3.12. The van der Waals surface area contributed by atoms with E-state index >= 15 is 0 Å². The number of halogens is 1. The molecule has 1 aromatic heterocycles. The first-order chi connectivity index (χ1) is 9.61. The van der Waals surface area contributed by atoms with Gasteiger partial charge in [-0.05, 0) is 37.1 Å². The summed E-state index contributed by atoms with van der Waals surface area (Å²) in [6.45, 7) is 4.61. The van der Waals surface area contributed by atoms with Crippen LogP contribution in [0.2, 0.25) is 5.02 Å². The quantitative estimate of drug-likeness (QED) is 0.868. The van der Waals surface area contributed by atoms with Crippen molar-refractivity contribution in [2.24, 2.45) is 0 Å². The molecule has 106 valence electrons. The maximum absolute atomic E-state index is 6.19. The number of para-hydroxylation sites is 1. The molecular weight excluding hydrogens is 274 g/mol. The molecule has 0 aliphatic rings. The Morgan fingerprint density at radius 3 is 2.80 bits per heavy atom. The first-order valence-corrected chi connectivity index (χ1v) is 6.91. The van der Waals surface area contributed by atoms with Crippen molar-refractivity contribution >= 4 is 28.8 Å². The molecule has 0 radical (unpaired) electrons. The number of ether oxygens (including phenoxy) is 1. The Bertz CT molecular complexity index is 581. The Balaban J connectivity index is 2.25. The second-order valence-corrected chi connectivity index (χ2v) is 4.90. The van der Waals surface area contributed by atoms with Crippen LogP contribution in [0.15, 0.2) is 30.3 Å². The number of nitrogens with one attached hydrogen (secondary N) is 1. The van der Waals surface area contributed by atoms with E-state index in [1.54, 1.807) is 12.1 Å². The number of nitrogens with two attached hydrogens (primary N) is 1. The molecule has 2 rings (SSSR count). The van der Waals surface area contributed by atoms with E-state index in [9.17, 15) is 0 Å². The van der Waals surface area contributed by atoms with Gasteiger partial charge in [0.05, 0.1) is 23.0 Å². The van der Waals surface area contributed by atoms with Crippen LogP contribution in [-0.4, -0.2) is 11.6 Å². The highest BCUT2D eigenvalue weighted by molar-refractivity contribution is 6.33. The first kappa shape index (κ1) is 14.5. The van der Waals surface area contributed by atoms with E-state index in [4.69, 9.17) is 22.1 Å². The molecule has 3 N–H and O–H groups in total. The lowest BCUT2D eigenvalue weighted by molar-refractivity contribution is 0.307. The van der Waals surface area contributed by atoms with Gasteiger partial charge in [-0.25, -0.2) is 0 Å². The van der Waals surface area contributed by atoms with E-state index in [0.717, 1.165) is 17.7 Å². The molecule has 2 aromatic rings.